The van der Waals surface area contributed by atoms with Crippen molar-refractivity contribution in [2.45, 2.75) is 10.9 Å². The first kappa shape index (κ1) is 18.2. The summed E-state index contributed by atoms with van der Waals surface area (Å²) < 4.78 is 0. The molecule has 0 radical (unpaired) electrons. The molecule has 114 valence electrons. The van der Waals surface area contributed by atoms with Gasteiger partial charge in [-0.2, -0.15) is 0 Å². The van der Waals surface area contributed by atoms with Crippen molar-refractivity contribution in [2.75, 3.05) is 17.6 Å². The van der Waals surface area contributed by atoms with E-state index < -0.39 is 0 Å². The second kappa shape index (κ2) is 9.25. The number of H-pyrrole nitrogens is 1. The van der Waals surface area contributed by atoms with E-state index in [0.717, 1.165) is 34.1 Å². The van der Waals surface area contributed by atoms with Crippen molar-refractivity contribution in [1.29, 1.82) is 0 Å². The summed E-state index contributed by atoms with van der Waals surface area (Å²) >= 11 is 3.47. The summed E-state index contributed by atoms with van der Waals surface area (Å²) in [4.78, 5) is 11.7. The summed E-state index contributed by atoms with van der Waals surface area (Å²) in [5, 5.41) is 5.33. The fraction of sp³-hybridized carbons (Fsp3) is 0.231. The summed E-state index contributed by atoms with van der Waals surface area (Å²) in [6, 6.07) is 8.44. The first-order chi connectivity index (χ1) is 9.40. The molecule has 2 aromatic rings. The number of amidine groups is 1. The van der Waals surface area contributed by atoms with Gasteiger partial charge >= 0.3 is 0 Å². The summed E-state index contributed by atoms with van der Waals surface area (Å²) in [7, 11) is 0. The van der Waals surface area contributed by atoms with E-state index in [4.69, 9.17) is 0 Å². The van der Waals surface area contributed by atoms with Crippen molar-refractivity contribution in [1.82, 2.24) is 9.97 Å². The molecular formula is C13H16Cl2N4S2. The van der Waals surface area contributed by atoms with Crippen LogP contribution in [0.25, 0.3) is 0 Å². The molecule has 2 heterocycles. The highest BCUT2D eigenvalue weighted by Crippen LogP contribution is 2.22. The Hall–Kier alpha value is -0.820. The van der Waals surface area contributed by atoms with Gasteiger partial charge in [0.1, 0.15) is 0 Å². The summed E-state index contributed by atoms with van der Waals surface area (Å²) in [5.74, 6) is 1.99. The Balaban J connectivity index is 0.00000110. The molecule has 8 heteroatoms. The van der Waals surface area contributed by atoms with E-state index in [0.29, 0.717) is 0 Å². The normalized spacial score (nSPS) is 13.0. The highest BCUT2D eigenvalue weighted by atomic mass is 35.5. The van der Waals surface area contributed by atoms with Crippen LogP contribution in [-0.4, -0.2) is 27.4 Å². The van der Waals surface area contributed by atoms with Crippen molar-refractivity contribution < 1.29 is 0 Å². The van der Waals surface area contributed by atoms with Gasteiger partial charge in [-0.15, -0.1) is 24.8 Å². The Kier molecular flexibility index (Phi) is 8.03. The van der Waals surface area contributed by atoms with Crippen molar-refractivity contribution in [3.8, 4) is 0 Å². The summed E-state index contributed by atoms with van der Waals surface area (Å²) in [6.07, 6.45) is 3.62. The minimum Gasteiger partial charge on any atom is -0.340 e. The maximum Gasteiger partial charge on any atom is 0.165 e. The smallest absolute Gasteiger partial charge is 0.165 e. The predicted molar refractivity (Wildman–Crippen MR) is 97.5 cm³/mol. The first-order valence-corrected chi connectivity index (χ1v) is 8.03. The third kappa shape index (κ3) is 5.47. The Morgan fingerprint density at radius 1 is 1.33 bits per heavy atom. The lowest BCUT2D eigenvalue weighted by Crippen LogP contribution is -2.04. The molecule has 0 spiro atoms. The number of thioether (sulfide) groups is 2. The maximum atomic E-state index is 4.40. The van der Waals surface area contributed by atoms with Crippen LogP contribution in [0.5, 0.6) is 0 Å². The lowest BCUT2D eigenvalue weighted by molar-refractivity contribution is 1.06. The standard InChI is InChI=1S/C13H14N4S2.2ClH/c1-2-10(9-19-12-14-4-5-15-12)8-11(3-1)17-13-16-6-7-18-13;;/h1-5,8H,6-7,9H2,(H,14,15)(H,16,17);2*1H. The quantitative estimate of drug-likeness (QED) is 0.805. The molecule has 1 aromatic heterocycles. The van der Waals surface area contributed by atoms with Crippen LogP contribution in [-0.2, 0) is 5.75 Å². The van der Waals surface area contributed by atoms with E-state index in [1.54, 1.807) is 29.7 Å². The molecule has 4 nitrogen and oxygen atoms in total. The van der Waals surface area contributed by atoms with Crippen molar-refractivity contribution in [3.63, 3.8) is 0 Å². The molecule has 0 saturated heterocycles. The molecule has 0 saturated carbocycles. The highest BCUT2D eigenvalue weighted by molar-refractivity contribution is 8.14. The number of hydrogen-bond acceptors (Lipinski definition) is 5. The molecule has 1 aliphatic rings. The average molecular weight is 363 g/mol. The van der Waals surface area contributed by atoms with Gasteiger partial charge in [0.15, 0.2) is 10.3 Å². The van der Waals surface area contributed by atoms with Crippen molar-refractivity contribution in [2.24, 2.45) is 4.99 Å². The maximum absolute atomic E-state index is 4.40. The van der Waals surface area contributed by atoms with Crippen LogP contribution in [0.4, 0.5) is 5.69 Å². The molecule has 0 atom stereocenters. The molecule has 0 aliphatic carbocycles. The largest absolute Gasteiger partial charge is 0.340 e. The fourth-order valence-corrected chi connectivity index (χ4v) is 3.27. The van der Waals surface area contributed by atoms with Gasteiger partial charge in [-0.05, 0) is 17.7 Å². The van der Waals surface area contributed by atoms with Crippen LogP contribution in [0.3, 0.4) is 0 Å². The van der Waals surface area contributed by atoms with E-state index in [-0.39, 0.29) is 24.8 Å². The number of aromatic nitrogens is 2. The fourth-order valence-electron chi connectivity index (χ4n) is 1.75. The molecule has 0 amide bonds. The average Bonchev–Trinajstić information content (AvgIpc) is 3.10. The Bertz CT molecular complexity index is 575. The van der Waals surface area contributed by atoms with Crippen LogP contribution in [0.15, 0.2) is 46.8 Å². The number of nitrogens with zero attached hydrogens (tertiary/aromatic N) is 2. The van der Waals surface area contributed by atoms with E-state index in [2.05, 4.69) is 44.5 Å². The van der Waals surface area contributed by atoms with Crippen LogP contribution in [0, 0.1) is 0 Å². The zero-order valence-electron chi connectivity index (χ0n) is 11.1. The Morgan fingerprint density at radius 2 is 2.24 bits per heavy atom. The minimum absolute atomic E-state index is 0. The number of aromatic amines is 1. The van der Waals surface area contributed by atoms with Gasteiger partial charge in [0, 0.05) is 29.6 Å². The number of benzene rings is 1. The Morgan fingerprint density at radius 3 is 2.95 bits per heavy atom. The zero-order valence-corrected chi connectivity index (χ0v) is 14.4. The van der Waals surface area contributed by atoms with E-state index in [1.807, 2.05) is 6.20 Å². The van der Waals surface area contributed by atoms with Gasteiger partial charge in [-0.25, -0.2) is 4.98 Å². The zero-order chi connectivity index (χ0) is 12.9. The second-order valence-electron chi connectivity index (χ2n) is 4.04. The van der Waals surface area contributed by atoms with Crippen molar-refractivity contribution >= 4 is 59.2 Å². The van der Waals surface area contributed by atoms with E-state index >= 15 is 0 Å². The monoisotopic (exact) mass is 362 g/mol. The molecule has 0 bridgehead atoms. The van der Waals surface area contributed by atoms with E-state index in [9.17, 15) is 0 Å². The van der Waals surface area contributed by atoms with Crippen molar-refractivity contribution in [3.05, 3.63) is 42.2 Å². The molecule has 2 N–H and O–H groups in total. The van der Waals surface area contributed by atoms with Gasteiger partial charge in [0.05, 0.1) is 6.54 Å². The van der Waals surface area contributed by atoms with E-state index in [1.165, 1.54) is 5.56 Å². The van der Waals surface area contributed by atoms with Crippen LogP contribution < -0.4 is 5.32 Å². The number of rotatable bonds is 4. The minimum atomic E-state index is 0. The second-order valence-corrected chi connectivity index (χ2v) is 6.09. The molecule has 0 unspecified atom stereocenters. The number of aliphatic imine (C=N–C) groups is 1. The Labute approximate surface area is 144 Å². The van der Waals surface area contributed by atoms with Gasteiger partial charge in [-0.3, -0.25) is 4.99 Å². The van der Waals surface area contributed by atoms with Crippen LogP contribution in [0.2, 0.25) is 0 Å². The molecule has 0 fully saturated rings. The number of anilines is 1. The van der Waals surface area contributed by atoms with Gasteiger partial charge in [0.25, 0.3) is 0 Å². The topological polar surface area (TPSA) is 53.1 Å². The lowest BCUT2D eigenvalue weighted by Gasteiger charge is -2.07. The van der Waals surface area contributed by atoms with Gasteiger partial charge in [0.2, 0.25) is 0 Å². The molecule has 1 aliphatic heterocycles. The number of nitrogens with one attached hydrogen (secondary N) is 2. The number of imidazole rings is 1. The van der Waals surface area contributed by atoms with Gasteiger partial charge < -0.3 is 10.3 Å². The third-order valence-corrected chi connectivity index (χ3v) is 4.48. The summed E-state index contributed by atoms with van der Waals surface area (Å²) in [5.41, 5.74) is 2.38. The van der Waals surface area contributed by atoms with Gasteiger partial charge in [-0.1, -0.05) is 35.7 Å². The summed E-state index contributed by atoms with van der Waals surface area (Å²) in [6.45, 7) is 0.918. The first-order valence-electron chi connectivity index (χ1n) is 6.05. The van der Waals surface area contributed by atoms with Crippen LogP contribution in [0.1, 0.15) is 5.56 Å². The van der Waals surface area contributed by atoms with Crippen LogP contribution >= 0.6 is 48.3 Å². The SMILES string of the molecule is Cl.Cl.c1cc(CSc2ncc[nH]2)cc(NC2=NCCS2)c1. The number of hydrogen-bond donors (Lipinski definition) is 2. The molecule has 3 rings (SSSR count). The lowest BCUT2D eigenvalue weighted by atomic mass is 10.2. The highest BCUT2D eigenvalue weighted by Gasteiger charge is 2.07. The number of halogens is 2. The molecule has 1 aromatic carbocycles. The molecule has 21 heavy (non-hydrogen) atoms. The predicted octanol–water partition coefficient (Wildman–Crippen LogP) is 4.06. The molecular weight excluding hydrogens is 347 g/mol. The third-order valence-electron chi connectivity index (χ3n) is 2.61.